The van der Waals surface area contributed by atoms with Crippen molar-refractivity contribution in [1.29, 1.82) is 0 Å². The molecule has 1 aliphatic carbocycles. The molecular weight excluding hydrogens is 512 g/mol. The molecule has 40 heavy (non-hydrogen) atoms. The maximum Gasteiger partial charge on any atom is 0.336 e. The summed E-state index contributed by atoms with van der Waals surface area (Å²) in [5.74, 6) is 0.0241. The van der Waals surface area contributed by atoms with Crippen LogP contribution in [0.4, 0.5) is 0 Å². The van der Waals surface area contributed by atoms with E-state index in [2.05, 4.69) is 32.9 Å². The highest BCUT2D eigenvalue weighted by Crippen LogP contribution is 2.40. The van der Waals surface area contributed by atoms with E-state index in [4.69, 9.17) is 14.2 Å². The molecule has 2 aliphatic rings. The molecule has 218 valence electrons. The molecule has 4 N–H and O–H groups in total. The number of aliphatic hydroxyl groups is 4. The van der Waals surface area contributed by atoms with Crippen LogP contribution >= 0.6 is 0 Å². The largest absolute Gasteiger partial charge is 0.462 e. The van der Waals surface area contributed by atoms with Crippen molar-refractivity contribution in [3.05, 3.63) is 83.0 Å². The first-order chi connectivity index (χ1) is 18.9. The van der Waals surface area contributed by atoms with E-state index in [1.807, 2.05) is 32.1 Å². The standard InChI is InChI=1S/C32H42O8/c1-20(11-16-25-22(3)10-7-17-32(25,4)5)8-6-9-21(2)18-27(34)38-23-12-14-24(15-13-23)39-31-30(37)29(36)28(35)26(19-33)40-31/h6,8-9,11-16,18,26,28-31,33,35-37H,7,10,17,19H2,1-5H3/b9-6+,16-11+,20-8+,21-18+/t26?,28-,29+,30?,31-/m1/s1. The van der Waals surface area contributed by atoms with Gasteiger partial charge in [0.25, 0.3) is 0 Å². The lowest BCUT2D eigenvalue weighted by atomic mass is 9.72. The van der Waals surface area contributed by atoms with Crippen LogP contribution in [0.25, 0.3) is 0 Å². The average Bonchev–Trinajstić information content (AvgIpc) is 2.89. The first kappa shape index (κ1) is 31.5. The molecule has 0 aromatic heterocycles. The number of hydrogen-bond acceptors (Lipinski definition) is 8. The van der Waals surface area contributed by atoms with Crippen molar-refractivity contribution in [2.45, 2.75) is 84.6 Å². The molecule has 0 amide bonds. The van der Waals surface area contributed by atoms with E-state index in [9.17, 15) is 25.2 Å². The molecule has 3 rings (SSSR count). The van der Waals surface area contributed by atoms with Gasteiger partial charge >= 0.3 is 5.97 Å². The number of carbonyl (C=O) groups excluding carboxylic acids is 1. The van der Waals surface area contributed by atoms with Gasteiger partial charge in [-0.2, -0.15) is 0 Å². The van der Waals surface area contributed by atoms with Crippen LogP contribution in [0.2, 0.25) is 0 Å². The molecule has 5 atom stereocenters. The van der Waals surface area contributed by atoms with Crippen molar-refractivity contribution in [3.63, 3.8) is 0 Å². The molecule has 8 nitrogen and oxygen atoms in total. The Hall–Kier alpha value is -3.01. The maximum absolute atomic E-state index is 12.3. The first-order valence-electron chi connectivity index (χ1n) is 13.6. The third-order valence-corrected chi connectivity index (χ3v) is 7.26. The normalized spacial score (nSPS) is 27.9. The summed E-state index contributed by atoms with van der Waals surface area (Å²) in [6.45, 7) is 10.1. The van der Waals surface area contributed by atoms with Gasteiger partial charge in [0.15, 0.2) is 0 Å². The number of ether oxygens (including phenoxy) is 3. The topological polar surface area (TPSA) is 126 Å². The fourth-order valence-corrected chi connectivity index (χ4v) is 4.90. The summed E-state index contributed by atoms with van der Waals surface area (Å²) in [7, 11) is 0. The maximum atomic E-state index is 12.3. The second-order valence-corrected chi connectivity index (χ2v) is 11.1. The molecule has 0 spiro atoms. The van der Waals surface area contributed by atoms with Crippen molar-refractivity contribution in [2.75, 3.05) is 6.61 Å². The highest BCUT2D eigenvalue weighted by molar-refractivity contribution is 5.85. The zero-order valence-corrected chi connectivity index (χ0v) is 23.9. The number of carbonyl (C=O) groups is 1. The van der Waals surface area contributed by atoms with Crippen molar-refractivity contribution < 1.29 is 39.4 Å². The predicted molar refractivity (Wildman–Crippen MR) is 153 cm³/mol. The van der Waals surface area contributed by atoms with Gasteiger partial charge < -0.3 is 34.6 Å². The van der Waals surface area contributed by atoms with Gasteiger partial charge in [-0.15, -0.1) is 0 Å². The fourth-order valence-electron chi connectivity index (χ4n) is 4.90. The molecule has 0 radical (unpaired) electrons. The third-order valence-electron chi connectivity index (χ3n) is 7.26. The quantitative estimate of drug-likeness (QED) is 0.154. The second-order valence-electron chi connectivity index (χ2n) is 11.1. The monoisotopic (exact) mass is 554 g/mol. The van der Waals surface area contributed by atoms with Crippen molar-refractivity contribution >= 4 is 5.97 Å². The zero-order chi connectivity index (χ0) is 29.4. The highest BCUT2D eigenvalue weighted by atomic mass is 16.7. The van der Waals surface area contributed by atoms with Crippen LogP contribution in [0.5, 0.6) is 11.5 Å². The van der Waals surface area contributed by atoms with E-state index >= 15 is 0 Å². The summed E-state index contributed by atoms with van der Waals surface area (Å²) in [5.41, 5.74) is 4.92. The Morgan fingerprint density at radius 3 is 2.35 bits per heavy atom. The number of allylic oxidation sites excluding steroid dienone is 9. The number of aliphatic hydroxyl groups excluding tert-OH is 4. The van der Waals surface area contributed by atoms with Gasteiger partial charge in [-0.1, -0.05) is 55.4 Å². The molecule has 8 heteroatoms. The van der Waals surface area contributed by atoms with Crippen molar-refractivity contribution in [1.82, 2.24) is 0 Å². The van der Waals surface area contributed by atoms with Crippen LogP contribution in [0.3, 0.4) is 0 Å². The first-order valence-corrected chi connectivity index (χ1v) is 13.6. The van der Waals surface area contributed by atoms with E-state index in [1.165, 1.54) is 54.3 Å². The molecule has 1 aromatic carbocycles. The molecule has 1 aliphatic heterocycles. The number of hydrogen-bond donors (Lipinski definition) is 4. The molecular formula is C32H42O8. The Labute approximate surface area is 236 Å². The lowest BCUT2D eigenvalue weighted by Gasteiger charge is -2.39. The van der Waals surface area contributed by atoms with Crippen LogP contribution in [0.15, 0.2) is 83.0 Å². The number of esters is 1. The minimum atomic E-state index is -1.54. The van der Waals surface area contributed by atoms with Crippen LogP contribution in [-0.4, -0.2) is 63.7 Å². The summed E-state index contributed by atoms with van der Waals surface area (Å²) < 4.78 is 16.2. The molecule has 1 aromatic rings. The van der Waals surface area contributed by atoms with Gasteiger partial charge in [-0.05, 0) is 80.9 Å². The summed E-state index contributed by atoms with van der Waals surface area (Å²) in [6, 6.07) is 6.04. The van der Waals surface area contributed by atoms with E-state index in [-0.39, 0.29) is 16.9 Å². The summed E-state index contributed by atoms with van der Waals surface area (Å²) in [6.07, 6.45) is 8.21. The van der Waals surface area contributed by atoms with Gasteiger partial charge in [0, 0.05) is 6.08 Å². The summed E-state index contributed by atoms with van der Waals surface area (Å²) in [5, 5.41) is 39.2. The van der Waals surface area contributed by atoms with Gasteiger partial charge in [0.2, 0.25) is 6.29 Å². The molecule has 1 saturated heterocycles. The molecule has 1 fully saturated rings. The van der Waals surface area contributed by atoms with Gasteiger partial charge in [-0.25, -0.2) is 4.79 Å². The Morgan fingerprint density at radius 1 is 1.02 bits per heavy atom. The Morgan fingerprint density at radius 2 is 1.70 bits per heavy atom. The smallest absolute Gasteiger partial charge is 0.336 e. The predicted octanol–water partition coefficient (Wildman–Crippen LogP) is 4.30. The number of rotatable bonds is 9. The SMILES string of the molecule is CC1=C(/C=C/C(C)=C/C=C/C(C)=C/C(=O)Oc2ccc(O[C@@H]3OC(CO)[C@@H](O)[C@H](O)C3O)cc2)C(C)(C)CCC1. The fraction of sp³-hybridized carbons (Fsp3) is 0.469. The Bertz CT molecular complexity index is 1170. The lowest BCUT2D eigenvalue weighted by Crippen LogP contribution is -2.60. The minimum absolute atomic E-state index is 0.201. The van der Waals surface area contributed by atoms with E-state index < -0.39 is 43.3 Å². The summed E-state index contributed by atoms with van der Waals surface area (Å²) in [4.78, 5) is 12.3. The van der Waals surface area contributed by atoms with Crippen LogP contribution < -0.4 is 9.47 Å². The van der Waals surface area contributed by atoms with Crippen LogP contribution in [-0.2, 0) is 9.53 Å². The van der Waals surface area contributed by atoms with Crippen LogP contribution in [0, 0.1) is 5.41 Å². The van der Waals surface area contributed by atoms with Gasteiger partial charge in [-0.3, -0.25) is 0 Å². The van der Waals surface area contributed by atoms with E-state index in [0.717, 1.165) is 17.6 Å². The average molecular weight is 555 g/mol. The summed E-state index contributed by atoms with van der Waals surface area (Å²) >= 11 is 0. The van der Waals surface area contributed by atoms with Gasteiger partial charge in [0.1, 0.15) is 35.9 Å². The molecule has 0 saturated carbocycles. The second kappa shape index (κ2) is 14.1. The molecule has 0 bridgehead atoms. The number of benzene rings is 1. The lowest BCUT2D eigenvalue weighted by molar-refractivity contribution is -0.277. The van der Waals surface area contributed by atoms with Crippen molar-refractivity contribution in [2.24, 2.45) is 5.41 Å². The van der Waals surface area contributed by atoms with E-state index in [0.29, 0.717) is 0 Å². The minimum Gasteiger partial charge on any atom is -0.462 e. The Balaban J connectivity index is 1.53. The Kier molecular flexibility index (Phi) is 11.1. The van der Waals surface area contributed by atoms with E-state index in [1.54, 1.807) is 0 Å². The molecule has 1 heterocycles. The third kappa shape index (κ3) is 8.49. The zero-order valence-electron chi connectivity index (χ0n) is 23.9. The van der Waals surface area contributed by atoms with Crippen LogP contribution in [0.1, 0.15) is 53.9 Å². The molecule has 2 unspecified atom stereocenters. The van der Waals surface area contributed by atoms with Crippen molar-refractivity contribution in [3.8, 4) is 11.5 Å². The highest BCUT2D eigenvalue weighted by Gasteiger charge is 2.44. The van der Waals surface area contributed by atoms with Gasteiger partial charge in [0.05, 0.1) is 6.61 Å².